The van der Waals surface area contributed by atoms with Crippen molar-refractivity contribution >= 4 is 0 Å². The maximum atomic E-state index is 5.06. The predicted octanol–water partition coefficient (Wildman–Crippen LogP) is 1.73. The van der Waals surface area contributed by atoms with E-state index in [0.29, 0.717) is 6.04 Å². The second-order valence-corrected chi connectivity index (χ2v) is 4.04. The van der Waals surface area contributed by atoms with Crippen LogP contribution in [0.4, 0.5) is 0 Å². The smallest absolute Gasteiger partial charge is 0.0613 e. The van der Waals surface area contributed by atoms with Gasteiger partial charge in [0.1, 0.15) is 0 Å². The van der Waals surface area contributed by atoms with Gasteiger partial charge in [-0.05, 0) is 45.9 Å². The third-order valence-electron chi connectivity index (χ3n) is 2.71. The molecule has 0 radical (unpaired) electrons. The Morgan fingerprint density at radius 2 is 1.87 bits per heavy atom. The van der Waals surface area contributed by atoms with E-state index in [1.807, 2.05) is 0 Å². The van der Waals surface area contributed by atoms with Gasteiger partial charge in [0, 0.05) is 13.2 Å². The molecule has 3 heteroatoms. The van der Waals surface area contributed by atoms with Gasteiger partial charge in [-0.1, -0.05) is 13.8 Å². The summed E-state index contributed by atoms with van der Waals surface area (Å²) in [6.07, 6.45) is 2.54. The van der Waals surface area contributed by atoms with Crippen LogP contribution in [-0.4, -0.2) is 50.8 Å². The molecule has 1 N–H and O–H groups in total. The Balaban J connectivity index is 3.23. The molecule has 0 heterocycles. The first-order valence-electron chi connectivity index (χ1n) is 6.19. The maximum absolute atomic E-state index is 5.06. The molecule has 0 aliphatic carbocycles. The third kappa shape index (κ3) is 8.85. The van der Waals surface area contributed by atoms with Crippen molar-refractivity contribution in [2.75, 3.05) is 39.9 Å². The molecule has 3 nitrogen and oxygen atoms in total. The van der Waals surface area contributed by atoms with Gasteiger partial charge >= 0.3 is 0 Å². The molecule has 1 atom stereocenters. The molecule has 0 aromatic rings. The first-order chi connectivity index (χ1) is 7.24. The van der Waals surface area contributed by atoms with Crippen LogP contribution in [0, 0.1) is 0 Å². The van der Waals surface area contributed by atoms with Crippen molar-refractivity contribution in [2.24, 2.45) is 0 Å². The van der Waals surface area contributed by atoms with Gasteiger partial charge in [-0.25, -0.2) is 0 Å². The lowest BCUT2D eigenvalue weighted by atomic mass is 10.2. The fraction of sp³-hybridized carbons (Fsp3) is 1.00. The molecule has 0 aliphatic rings. The molecule has 0 bridgehead atoms. The SMILES string of the molecule is CCN(CC)CCCCNC(C)COC. The van der Waals surface area contributed by atoms with E-state index in [-0.39, 0.29) is 0 Å². The summed E-state index contributed by atoms with van der Waals surface area (Å²) >= 11 is 0. The van der Waals surface area contributed by atoms with Crippen LogP contribution in [0.2, 0.25) is 0 Å². The lowest BCUT2D eigenvalue weighted by molar-refractivity contribution is 0.172. The van der Waals surface area contributed by atoms with Crippen LogP contribution >= 0.6 is 0 Å². The van der Waals surface area contributed by atoms with Gasteiger partial charge in [-0.3, -0.25) is 0 Å². The summed E-state index contributed by atoms with van der Waals surface area (Å²) in [4.78, 5) is 2.47. The normalized spacial score (nSPS) is 13.4. The van der Waals surface area contributed by atoms with Crippen LogP contribution in [0.5, 0.6) is 0 Å². The molecule has 0 spiro atoms. The predicted molar refractivity (Wildman–Crippen MR) is 66.4 cm³/mol. The second-order valence-electron chi connectivity index (χ2n) is 4.04. The minimum atomic E-state index is 0.475. The largest absolute Gasteiger partial charge is 0.383 e. The van der Waals surface area contributed by atoms with Gasteiger partial charge in [-0.15, -0.1) is 0 Å². The lowest BCUT2D eigenvalue weighted by Gasteiger charge is -2.18. The summed E-state index contributed by atoms with van der Waals surface area (Å²) in [6.45, 7) is 12.1. The van der Waals surface area contributed by atoms with Crippen LogP contribution in [0.1, 0.15) is 33.6 Å². The number of nitrogens with zero attached hydrogens (tertiary/aromatic N) is 1. The zero-order chi connectivity index (χ0) is 11.5. The summed E-state index contributed by atoms with van der Waals surface area (Å²) in [7, 11) is 1.75. The summed E-state index contributed by atoms with van der Waals surface area (Å²) in [5.74, 6) is 0. The molecule has 0 amide bonds. The molecular weight excluding hydrogens is 188 g/mol. The number of methoxy groups -OCH3 is 1. The number of hydrogen-bond donors (Lipinski definition) is 1. The van der Waals surface area contributed by atoms with E-state index < -0.39 is 0 Å². The fourth-order valence-electron chi connectivity index (χ4n) is 1.66. The average molecular weight is 216 g/mol. The summed E-state index contributed by atoms with van der Waals surface area (Å²) in [5, 5.41) is 3.45. The van der Waals surface area contributed by atoms with Crippen LogP contribution in [0.15, 0.2) is 0 Å². The van der Waals surface area contributed by atoms with E-state index in [2.05, 4.69) is 31.0 Å². The van der Waals surface area contributed by atoms with Crippen LogP contribution in [0.25, 0.3) is 0 Å². The van der Waals surface area contributed by atoms with E-state index in [1.54, 1.807) is 7.11 Å². The molecule has 0 aliphatic heterocycles. The van der Waals surface area contributed by atoms with Crippen LogP contribution in [0.3, 0.4) is 0 Å². The van der Waals surface area contributed by atoms with Crippen LogP contribution in [-0.2, 0) is 4.74 Å². The molecule has 0 aromatic heterocycles. The Labute approximate surface area is 95.2 Å². The maximum Gasteiger partial charge on any atom is 0.0613 e. The number of nitrogens with one attached hydrogen (secondary N) is 1. The van der Waals surface area contributed by atoms with Gasteiger partial charge in [0.2, 0.25) is 0 Å². The van der Waals surface area contributed by atoms with Gasteiger partial charge in [0.05, 0.1) is 6.61 Å². The highest BCUT2D eigenvalue weighted by Crippen LogP contribution is 1.94. The highest BCUT2D eigenvalue weighted by atomic mass is 16.5. The number of unbranched alkanes of at least 4 members (excludes halogenated alkanes) is 1. The van der Waals surface area contributed by atoms with E-state index in [1.165, 1.54) is 32.5 Å². The molecule has 0 rings (SSSR count). The van der Waals surface area contributed by atoms with Gasteiger partial charge in [-0.2, -0.15) is 0 Å². The Morgan fingerprint density at radius 3 is 2.40 bits per heavy atom. The number of hydrogen-bond acceptors (Lipinski definition) is 3. The Kier molecular flexibility index (Phi) is 10.3. The minimum absolute atomic E-state index is 0.475. The molecule has 1 unspecified atom stereocenters. The average Bonchev–Trinajstić information content (AvgIpc) is 2.24. The monoisotopic (exact) mass is 216 g/mol. The zero-order valence-corrected chi connectivity index (χ0v) is 10.9. The van der Waals surface area contributed by atoms with Crippen molar-refractivity contribution in [3.8, 4) is 0 Å². The molecule has 0 aromatic carbocycles. The second kappa shape index (κ2) is 10.4. The van der Waals surface area contributed by atoms with Crippen molar-refractivity contribution in [2.45, 2.75) is 39.7 Å². The Hall–Kier alpha value is -0.120. The molecule has 0 fully saturated rings. The zero-order valence-electron chi connectivity index (χ0n) is 10.9. The van der Waals surface area contributed by atoms with E-state index in [9.17, 15) is 0 Å². The van der Waals surface area contributed by atoms with E-state index in [0.717, 1.165) is 13.2 Å². The molecule has 92 valence electrons. The van der Waals surface area contributed by atoms with Crippen LogP contribution < -0.4 is 5.32 Å². The highest BCUT2D eigenvalue weighted by molar-refractivity contribution is 4.60. The van der Waals surface area contributed by atoms with E-state index in [4.69, 9.17) is 4.74 Å². The van der Waals surface area contributed by atoms with Crippen molar-refractivity contribution in [1.82, 2.24) is 10.2 Å². The first kappa shape index (κ1) is 14.9. The summed E-state index contributed by atoms with van der Waals surface area (Å²) < 4.78 is 5.06. The van der Waals surface area contributed by atoms with Crippen molar-refractivity contribution in [3.05, 3.63) is 0 Å². The topological polar surface area (TPSA) is 24.5 Å². The van der Waals surface area contributed by atoms with Crippen molar-refractivity contribution in [3.63, 3.8) is 0 Å². The first-order valence-corrected chi connectivity index (χ1v) is 6.19. The summed E-state index contributed by atoms with van der Waals surface area (Å²) in [5.41, 5.74) is 0. The number of ether oxygens (including phenoxy) is 1. The molecular formula is C12H28N2O. The lowest BCUT2D eigenvalue weighted by Crippen LogP contribution is -2.31. The Bertz CT molecular complexity index is 127. The van der Waals surface area contributed by atoms with Crippen molar-refractivity contribution < 1.29 is 4.74 Å². The third-order valence-corrected chi connectivity index (χ3v) is 2.71. The van der Waals surface area contributed by atoms with Crippen molar-refractivity contribution in [1.29, 1.82) is 0 Å². The standard InChI is InChI=1S/C12H28N2O/c1-5-14(6-2)10-8-7-9-13-12(3)11-15-4/h12-13H,5-11H2,1-4H3. The highest BCUT2D eigenvalue weighted by Gasteiger charge is 2.00. The number of rotatable bonds is 10. The van der Waals surface area contributed by atoms with Gasteiger partial charge in [0.25, 0.3) is 0 Å². The summed E-state index contributed by atoms with van der Waals surface area (Å²) in [6, 6.07) is 0.475. The quantitative estimate of drug-likeness (QED) is 0.563. The fourth-order valence-corrected chi connectivity index (χ4v) is 1.66. The van der Waals surface area contributed by atoms with E-state index >= 15 is 0 Å². The van der Waals surface area contributed by atoms with Gasteiger partial charge in [0.15, 0.2) is 0 Å². The molecule has 0 saturated heterocycles. The Morgan fingerprint density at radius 1 is 1.20 bits per heavy atom. The molecule has 15 heavy (non-hydrogen) atoms. The minimum Gasteiger partial charge on any atom is -0.383 e. The molecule has 0 saturated carbocycles. The van der Waals surface area contributed by atoms with Gasteiger partial charge < -0.3 is 15.0 Å².